The number of aliphatic hydroxyl groups is 1. The Balaban J connectivity index is 1.50. The van der Waals surface area contributed by atoms with Crippen molar-refractivity contribution in [1.82, 2.24) is 19.5 Å². The Kier molecular flexibility index (Phi) is 8.16. The number of carbonyl (C=O) groups excluding carboxylic acids is 1. The van der Waals surface area contributed by atoms with E-state index in [1.165, 1.54) is 0 Å². The van der Waals surface area contributed by atoms with Gasteiger partial charge in [-0.15, -0.1) is 13.2 Å². The number of carbonyl (C=O) groups is 1. The largest absolute Gasteiger partial charge is 0.573 e. The first-order valence-corrected chi connectivity index (χ1v) is 13.7. The number of rotatable bonds is 7. The van der Waals surface area contributed by atoms with Crippen molar-refractivity contribution < 1.29 is 27.8 Å². The number of nitrogens with two attached hydrogens (primary N) is 1. The minimum absolute atomic E-state index is 0.0243. The van der Waals surface area contributed by atoms with Crippen molar-refractivity contribution >= 4 is 57.9 Å². The molecule has 216 valence electrons. The monoisotopic (exact) mass is 601 g/mol. The summed E-state index contributed by atoms with van der Waals surface area (Å²) in [6.45, 7) is 0. The van der Waals surface area contributed by atoms with Gasteiger partial charge in [0.1, 0.15) is 11.3 Å². The van der Waals surface area contributed by atoms with Crippen LogP contribution in [0.25, 0.3) is 11.2 Å². The van der Waals surface area contributed by atoms with Crippen LogP contribution in [0.3, 0.4) is 0 Å². The van der Waals surface area contributed by atoms with Gasteiger partial charge in [0.15, 0.2) is 5.65 Å². The highest BCUT2D eigenvalue weighted by atomic mass is 35.5. The van der Waals surface area contributed by atoms with Gasteiger partial charge in [-0.05, 0) is 51.4 Å². The maximum atomic E-state index is 12.7. The smallest absolute Gasteiger partial charge is 0.406 e. The number of fused-ring (bicyclic) bond motifs is 1. The minimum atomic E-state index is -4.90. The molecule has 0 aliphatic heterocycles. The van der Waals surface area contributed by atoms with Crippen molar-refractivity contribution in [3.05, 3.63) is 28.4 Å². The number of halogens is 5. The first-order chi connectivity index (χ1) is 19.0. The fourth-order valence-corrected chi connectivity index (χ4v) is 6.03. The molecule has 2 aromatic heterocycles. The topological polar surface area (TPSA) is 140 Å². The third-order valence-corrected chi connectivity index (χ3v) is 7.96. The highest BCUT2D eigenvalue weighted by Gasteiger charge is 2.32. The van der Waals surface area contributed by atoms with Crippen molar-refractivity contribution in [3.63, 3.8) is 0 Å². The third kappa shape index (κ3) is 6.47. The summed E-state index contributed by atoms with van der Waals surface area (Å²) >= 11 is 12.6. The molecule has 0 saturated heterocycles. The SMILES string of the molecule is NC(=O)C1CCC(n2c(Nc3c(Cl)cc(OC(F)(F)F)cc3Cl)nc3cnc(N[C@H]4CCC[C@H](O)C4)nc32)CC1. The van der Waals surface area contributed by atoms with E-state index in [9.17, 15) is 23.1 Å². The number of nitrogens with zero attached hydrogens (tertiary/aromatic N) is 4. The van der Waals surface area contributed by atoms with Gasteiger partial charge in [-0.3, -0.25) is 9.36 Å². The van der Waals surface area contributed by atoms with E-state index < -0.39 is 12.1 Å². The van der Waals surface area contributed by atoms with Crippen LogP contribution in [-0.4, -0.2) is 49.0 Å². The van der Waals surface area contributed by atoms with Crippen molar-refractivity contribution in [2.75, 3.05) is 10.6 Å². The Morgan fingerprint density at radius 3 is 2.42 bits per heavy atom. The van der Waals surface area contributed by atoms with E-state index >= 15 is 0 Å². The fourth-order valence-electron chi connectivity index (χ4n) is 5.46. The zero-order valence-electron chi connectivity index (χ0n) is 21.2. The normalized spacial score (nSPS) is 23.6. The molecule has 2 fully saturated rings. The van der Waals surface area contributed by atoms with Gasteiger partial charge in [0.25, 0.3) is 0 Å². The van der Waals surface area contributed by atoms with Crippen LogP contribution in [0.15, 0.2) is 18.3 Å². The summed E-state index contributed by atoms with van der Waals surface area (Å²) < 4.78 is 44.0. The average Bonchev–Trinajstić information content (AvgIpc) is 3.22. The minimum Gasteiger partial charge on any atom is -0.406 e. The first-order valence-electron chi connectivity index (χ1n) is 13.0. The lowest BCUT2D eigenvalue weighted by molar-refractivity contribution is -0.274. The Morgan fingerprint density at radius 1 is 1.10 bits per heavy atom. The molecule has 5 N–H and O–H groups in total. The summed E-state index contributed by atoms with van der Waals surface area (Å²) in [5, 5.41) is 16.2. The van der Waals surface area contributed by atoms with Crippen LogP contribution in [0.4, 0.5) is 30.8 Å². The second-order valence-corrected chi connectivity index (χ2v) is 11.0. The molecule has 2 saturated carbocycles. The lowest BCUT2D eigenvalue weighted by Gasteiger charge is -2.29. The third-order valence-electron chi connectivity index (χ3n) is 7.36. The molecule has 0 radical (unpaired) electrons. The number of aliphatic hydroxyl groups excluding tert-OH is 1. The van der Waals surface area contributed by atoms with Crippen molar-refractivity contribution in [3.8, 4) is 5.75 Å². The number of amides is 1. The van der Waals surface area contributed by atoms with Crippen molar-refractivity contribution in [1.29, 1.82) is 0 Å². The molecular formula is C25H28Cl2F3N7O3. The molecule has 0 spiro atoms. The Hall–Kier alpha value is -3.03. The van der Waals surface area contributed by atoms with E-state index in [1.807, 2.05) is 4.57 Å². The molecule has 5 rings (SSSR count). The lowest BCUT2D eigenvalue weighted by atomic mass is 9.85. The summed E-state index contributed by atoms with van der Waals surface area (Å²) in [5.41, 5.74) is 6.66. The summed E-state index contributed by atoms with van der Waals surface area (Å²) in [4.78, 5) is 25.5. The highest BCUT2D eigenvalue weighted by Crippen LogP contribution is 2.41. The van der Waals surface area contributed by atoms with E-state index in [-0.39, 0.29) is 45.7 Å². The molecule has 1 amide bonds. The average molecular weight is 602 g/mol. The van der Waals surface area contributed by atoms with Crippen LogP contribution >= 0.6 is 23.2 Å². The van der Waals surface area contributed by atoms with Crippen molar-refractivity contribution in [2.24, 2.45) is 11.7 Å². The van der Waals surface area contributed by atoms with Crippen LogP contribution in [0.2, 0.25) is 10.0 Å². The van der Waals surface area contributed by atoms with Gasteiger partial charge in [-0.2, -0.15) is 4.98 Å². The molecule has 15 heteroatoms. The van der Waals surface area contributed by atoms with E-state index in [0.29, 0.717) is 55.2 Å². The Morgan fingerprint density at radius 2 is 1.80 bits per heavy atom. The van der Waals surface area contributed by atoms with Crippen LogP contribution in [0, 0.1) is 5.92 Å². The van der Waals surface area contributed by atoms with E-state index in [4.69, 9.17) is 33.9 Å². The van der Waals surface area contributed by atoms with E-state index in [0.717, 1.165) is 31.4 Å². The van der Waals surface area contributed by atoms with E-state index in [1.54, 1.807) is 6.20 Å². The van der Waals surface area contributed by atoms with Crippen LogP contribution in [0.5, 0.6) is 5.75 Å². The molecule has 2 atom stereocenters. The number of ether oxygens (including phenoxy) is 1. The first kappa shape index (κ1) is 28.5. The zero-order valence-corrected chi connectivity index (χ0v) is 22.7. The molecule has 40 heavy (non-hydrogen) atoms. The molecule has 3 aromatic rings. The number of alkyl halides is 3. The molecule has 2 heterocycles. The summed E-state index contributed by atoms with van der Waals surface area (Å²) in [6.07, 6.45) is 1.84. The predicted molar refractivity (Wildman–Crippen MR) is 144 cm³/mol. The molecule has 0 unspecified atom stereocenters. The Labute approximate surface area is 237 Å². The number of hydrogen-bond acceptors (Lipinski definition) is 8. The van der Waals surface area contributed by atoms with Crippen LogP contribution in [0.1, 0.15) is 57.4 Å². The quantitative estimate of drug-likeness (QED) is 0.270. The second-order valence-electron chi connectivity index (χ2n) is 10.2. The van der Waals surface area contributed by atoms with Gasteiger partial charge >= 0.3 is 6.36 Å². The van der Waals surface area contributed by atoms with Gasteiger partial charge in [0.05, 0.1) is 28.0 Å². The molecule has 2 aliphatic rings. The predicted octanol–water partition coefficient (Wildman–Crippen LogP) is 5.71. The van der Waals surface area contributed by atoms with Crippen LogP contribution in [-0.2, 0) is 4.79 Å². The summed E-state index contributed by atoms with van der Waals surface area (Å²) in [5.74, 6) is -0.423. The van der Waals surface area contributed by atoms with Gasteiger partial charge in [-0.1, -0.05) is 23.2 Å². The fraction of sp³-hybridized carbons (Fsp3) is 0.520. The number of imidazole rings is 1. The number of nitrogens with one attached hydrogen (secondary N) is 2. The Bertz CT molecular complexity index is 1370. The van der Waals surface area contributed by atoms with Crippen molar-refractivity contribution in [2.45, 2.75) is 75.9 Å². The number of aromatic nitrogens is 4. The summed E-state index contributed by atoms with van der Waals surface area (Å²) in [7, 11) is 0. The zero-order chi connectivity index (χ0) is 28.6. The van der Waals surface area contributed by atoms with Gasteiger partial charge in [0.2, 0.25) is 17.8 Å². The molecule has 10 nitrogen and oxygen atoms in total. The molecule has 2 aliphatic carbocycles. The maximum absolute atomic E-state index is 12.7. The van der Waals surface area contributed by atoms with Gasteiger partial charge < -0.3 is 26.2 Å². The van der Waals surface area contributed by atoms with E-state index in [2.05, 4.69) is 25.3 Å². The van der Waals surface area contributed by atoms with Gasteiger partial charge in [-0.25, -0.2) is 9.97 Å². The number of anilines is 3. The lowest BCUT2D eigenvalue weighted by Crippen LogP contribution is -2.30. The standard InChI is InChI=1S/C25H28Cl2F3N7O3/c26-17-9-16(40-25(28,29)30)10-18(27)20(17)35-24-34-19-11-32-23(33-13-2-1-3-15(38)8-13)36-22(19)37(24)14-6-4-12(5-7-14)21(31)39/h9-15,38H,1-8H2,(H2,31,39)(H,34,35)(H,32,33,36)/t12?,13-,14?,15-/m0/s1. The number of benzene rings is 1. The highest BCUT2D eigenvalue weighted by molar-refractivity contribution is 6.39. The van der Waals surface area contributed by atoms with Crippen LogP contribution < -0.4 is 21.1 Å². The molecule has 1 aromatic carbocycles. The van der Waals surface area contributed by atoms with Gasteiger partial charge in [0, 0.05) is 30.1 Å². The molecular weight excluding hydrogens is 574 g/mol. The maximum Gasteiger partial charge on any atom is 0.573 e. The second kappa shape index (κ2) is 11.5. The molecule has 0 bridgehead atoms. The summed E-state index contributed by atoms with van der Waals surface area (Å²) in [6, 6.07) is 1.92. The number of hydrogen-bond donors (Lipinski definition) is 4. The number of primary amides is 1.